The molecule has 0 saturated carbocycles. The summed E-state index contributed by atoms with van der Waals surface area (Å²) in [6.45, 7) is 4.09. The van der Waals surface area contributed by atoms with Crippen LogP contribution in [0.2, 0.25) is 4.34 Å². The Morgan fingerprint density at radius 3 is 2.94 bits per heavy atom. The lowest BCUT2D eigenvalue weighted by Crippen LogP contribution is -2.31. The average molecular weight is 260 g/mol. The maximum absolute atomic E-state index is 11.1. The number of carboxylic acid groups (broad SMARTS) is 1. The predicted molar refractivity (Wildman–Crippen MR) is 65.0 cm³/mol. The number of carbonyl (C=O) groups is 1. The summed E-state index contributed by atoms with van der Waals surface area (Å²) in [6.07, 6.45) is 0.724. The van der Waals surface area contributed by atoms with Gasteiger partial charge in [-0.1, -0.05) is 11.6 Å². The summed E-state index contributed by atoms with van der Waals surface area (Å²) in [5.41, 5.74) is -0.582. The van der Waals surface area contributed by atoms with Crippen LogP contribution in [0.3, 0.4) is 0 Å². The van der Waals surface area contributed by atoms with Crippen LogP contribution in [0.4, 0.5) is 0 Å². The highest BCUT2D eigenvalue weighted by Gasteiger charge is 2.40. The van der Waals surface area contributed by atoms with E-state index in [0.29, 0.717) is 6.54 Å². The van der Waals surface area contributed by atoms with E-state index in [-0.39, 0.29) is 0 Å². The van der Waals surface area contributed by atoms with Crippen molar-refractivity contribution in [1.29, 1.82) is 0 Å². The molecule has 0 bridgehead atoms. The zero-order chi connectivity index (χ0) is 11.8. The van der Waals surface area contributed by atoms with Crippen LogP contribution in [0.15, 0.2) is 12.1 Å². The van der Waals surface area contributed by atoms with Gasteiger partial charge in [-0.25, -0.2) is 0 Å². The zero-order valence-electron chi connectivity index (χ0n) is 9.07. The van der Waals surface area contributed by atoms with Gasteiger partial charge in [-0.3, -0.25) is 9.69 Å². The van der Waals surface area contributed by atoms with E-state index in [9.17, 15) is 4.79 Å². The molecule has 0 aromatic carbocycles. The summed E-state index contributed by atoms with van der Waals surface area (Å²) >= 11 is 7.42. The maximum atomic E-state index is 11.1. The van der Waals surface area contributed by atoms with Gasteiger partial charge >= 0.3 is 5.97 Å². The smallest absolute Gasteiger partial charge is 0.310 e. The van der Waals surface area contributed by atoms with Crippen molar-refractivity contribution in [2.24, 2.45) is 5.41 Å². The van der Waals surface area contributed by atoms with Gasteiger partial charge in [0.25, 0.3) is 0 Å². The SMILES string of the molecule is CC1(C(=O)O)CCN(Cc2ccc(Cl)s2)C1. The molecule has 1 aliphatic rings. The van der Waals surface area contributed by atoms with Crippen molar-refractivity contribution in [1.82, 2.24) is 4.90 Å². The van der Waals surface area contributed by atoms with Gasteiger partial charge in [0.1, 0.15) is 0 Å². The number of hydrogen-bond donors (Lipinski definition) is 1. The molecule has 5 heteroatoms. The van der Waals surface area contributed by atoms with Crippen molar-refractivity contribution >= 4 is 28.9 Å². The van der Waals surface area contributed by atoms with E-state index in [1.165, 1.54) is 4.88 Å². The van der Waals surface area contributed by atoms with Gasteiger partial charge in [-0.05, 0) is 32.0 Å². The lowest BCUT2D eigenvalue weighted by Gasteiger charge is -2.19. The van der Waals surface area contributed by atoms with E-state index in [2.05, 4.69) is 4.90 Å². The minimum absolute atomic E-state index is 0.582. The molecule has 0 amide bonds. The number of rotatable bonds is 3. The molecule has 1 aromatic rings. The number of likely N-dealkylation sites (tertiary alicyclic amines) is 1. The third-order valence-corrected chi connectivity index (χ3v) is 4.29. The van der Waals surface area contributed by atoms with Crippen LogP contribution >= 0.6 is 22.9 Å². The highest BCUT2D eigenvalue weighted by atomic mass is 35.5. The minimum Gasteiger partial charge on any atom is -0.481 e. The van der Waals surface area contributed by atoms with E-state index in [1.807, 2.05) is 19.1 Å². The number of thiophene rings is 1. The molecular formula is C11H14ClNO2S. The Morgan fingerprint density at radius 1 is 1.69 bits per heavy atom. The van der Waals surface area contributed by atoms with Crippen LogP contribution in [-0.2, 0) is 11.3 Å². The standard InChI is InChI=1S/C11H14ClNO2S/c1-11(10(14)15)4-5-13(7-11)6-8-2-3-9(12)16-8/h2-3H,4-7H2,1H3,(H,14,15). The van der Waals surface area contributed by atoms with Gasteiger partial charge in [-0.2, -0.15) is 0 Å². The summed E-state index contributed by atoms with van der Waals surface area (Å²) in [6, 6.07) is 3.89. The van der Waals surface area contributed by atoms with Crippen LogP contribution in [0.1, 0.15) is 18.2 Å². The van der Waals surface area contributed by atoms with E-state index in [0.717, 1.165) is 23.8 Å². The molecule has 2 heterocycles. The van der Waals surface area contributed by atoms with Crippen molar-refractivity contribution in [2.75, 3.05) is 13.1 Å². The largest absolute Gasteiger partial charge is 0.481 e. The molecule has 16 heavy (non-hydrogen) atoms. The predicted octanol–water partition coefficient (Wildman–Crippen LogP) is 2.70. The summed E-state index contributed by atoms with van der Waals surface area (Å²) in [4.78, 5) is 14.5. The van der Waals surface area contributed by atoms with Gasteiger partial charge in [0.05, 0.1) is 9.75 Å². The molecule has 0 spiro atoms. The minimum atomic E-state index is -0.695. The Balaban J connectivity index is 1.97. The first-order valence-corrected chi connectivity index (χ1v) is 6.39. The molecule has 1 N–H and O–H groups in total. The molecule has 0 radical (unpaired) electrons. The summed E-state index contributed by atoms with van der Waals surface area (Å²) in [5, 5.41) is 9.12. The molecular weight excluding hydrogens is 246 g/mol. The van der Waals surface area contributed by atoms with Crippen molar-refractivity contribution in [3.63, 3.8) is 0 Å². The van der Waals surface area contributed by atoms with Gasteiger partial charge in [0.15, 0.2) is 0 Å². The molecule has 1 saturated heterocycles. The third-order valence-electron chi connectivity index (χ3n) is 3.08. The van der Waals surface area contributed by atoms with Crippen molar-refractivity contribution in [2.45, 2.75) is 19.9 Å². The topological polar surface area (TPSA) is 40.5 Å². The zero-order valence-corrected chi connectivity index (χ0v) is 10.6. The Hall–Kier alpha value is -0.580. The first kappa shape index (κ1) is 11.9. The fourth-order valence-electron chi connectivity index (χ4n) is 2.02. The highest BCUT2D eigenvalue weighted by Crippen LogP contribution is 2.32. The lowest BCUT2D eigenvalue weighted by atomic mass is 9.90. The van der Waals surface area contributed by atoms with E-state index >= 15 is 0 Å². The molecule has 1 atom stereocenters. The Labute approximate surface area is 104 Å². The summed E-state index contributed by atoms with van der Waals surface area (Å²) in [7, 11) is 0. The van der Waals surface area contributed by atoms with Crippen LogP contribution in [0, 0.1) is 5.41 Å². The van der Waals surface area contributed by atoms with Crippen molar-refractivity contribution in [3.8, 4) is 0 Å². The van der Waals surface area contributed by atoms with Crippen LogP contribution in [0.5, 0.6) is 0 Å². The molecule has 1 aliphatic heterocycles. The van der Waals surface area contributed by atoms with Gasteiger partial charge < -0.3 is 5.11 Å². The lowest BCUT2D eigenvalue weighted by molar-refractivity contribution is -0.147. The quantitative estimate of drug-likeness (QED) is 0.907. The molecule has 1 unspecified atom stereocenters. The van der Waals surface area contributed by atoms with E-state index in [4.69, 9.17) is 16.7 Å². The summed E-state index contributed by atoms with van der Waals surface area (Å²) in [5.74, 6) is -0.695. The average Bonchev–Trinajstić information content (AvgIpc) is 2.75. The normalized spacial score (nSPS) is 26.1. The first-order chi connectivity index (χ1) is 7.49. The monoisotopic (exact) mass is 259 g/mol. The molecule has 1 fully saturated rings. The van der Waals surface area contributed by atoms with Crippen LogP contribution in [-0.4, -0.2) is 29.1 Å². The Bertz CT molecular complexity index is 406. The van der Waals surface area contributed by atoms with Crippen LogP contribution in [0.25, 0.3) is 0 Å². The number of halogens is 1. The van der Waals surface area contributed by atoms with Gasteiger partial charge in [0.2, 0.25) is 0 Å². The van der Waals surface area contributed by atoms with Crippen LogP contribution < -0.4 is 0 Å². The summed E-state index contributed by atoms with van der Waals surface area (Å²) < 4.78 is 0.787. The van der Waals surface area contributed by atoms with E-state index < -0.39 is 11.4 Å². The molecule has 0 aliphatic carbocycles. The fourth-order valence-corrected chi connectivity index (χ4v) is 3.15. The molecule has 1 aromatic heterocycles. The Morgan fingerprint density at radius 2 is 2.44 bits per heavy atom. The highest BCUT2D eigenvalue weighted by molar-refractivity contribution is 7.16. The molecule has 2 rings (SSSR count). The van der Waals surface area contributed by atoms with Crippen molar-refractivity contribution in [3.05, 3.63) is 21.3 Å². The number of nitrogens with zero attached hydrogens (tertiary/aromatic N) is 1. The third kappa shape index (κ3) is 2.39. The van der Waals surface area contributed by atoms with E-state index in [1.54, 1.807) is 11.3 Å². The second-order valence-electron chi connectivity index (χ2n) is 4.53. The second-order valence-corrected chi connectivity index (χ2v) is 6.33. The van der Waals surface area contributed by atoms with Crippen molar-refractivity contribution < 1.29 is 9.90 Å². The van der Waals surface area contributed by atoms with Gasteiger partial charge in [-0.15, -0.1) is 11.3 Å². The first-order valence-electron chi connectivity index (χ1n) is 5.19. The number of hydrogen-bond acceptors (Lipinski definition) is 3. The second kappa shape index (κ2) is 4.35. The number of aliphatic carboxylic acids is 1. The Kier molecular flexibility index (Phi) is 3.24. The maximum Gasteiger partial charge on any atom is 0.310 e. The fraction of sp³-hybridized carbons (Fsp3) is 0.545. The molecule has 3 nitrogen and oxygen atoms in total. The van der Waals surface area contributed by atoms with Gasteiger partial charge in [0, 0.05) is 18.0 Å². The number of carboxylic acids is 1. The molecule has 88 valence electrons.